The van der Waals surface area contributed by atoms with Crippen LogP contribution in [0.3, 0.4) is 0 Å². The lowest BCUT2D eigenvalue weighted by atomic mass is 10.1. The van der Waals surface area contributed by atoms with Crippen LogP contribution >= 0.6 is 0 Å². The minimum Gasteiger partial charge on any atom is -0.490 e. The van der Waals surface area contributed by atoms with E-state index in [4.69, 9.17) is 4.74 Å². The molecule has 1 N–H and O–H groups in total. The zero-order valence-corrected chi connectivity index (χ0v) is 15.0. The smallest absolute Gasteiger partial charge is 0.240 e. The summed E-state index contributed by atoms with van der Waals surface area (Å²) in [6, 6.07) is 14.6. The fourth-order valence-electron chi connectivity index (χ4n) is 2.49. The fourth-order valence-corrected chi connectivity index (χ4v) is 3.59. The number of sulfonamides is 1. The number of aryl methyl sites for hydroxylation is 2. The van der Waals surface area contributed by atoms with Crippen LogP contribution in [0.2, 0.25) is 0 Å². The van der Waals surface area contributed by atoms with E-state index in [1.165, 1.54) is 0 Å². The molecule has 0 aliphatic rings. The molecular weight excluding hydrogens is 336 g/mol. The minimum absolute atomic E-state index is 0.179. The second kappa shape index (κ2) is 7.21. The second-order valence-electron chi connectivity index (χ2n) is 5.82. The molecule has 0 radical (unpaired) electrons. The molecule has 0 spiro atoms. The summed E-state index contributed by atoms with van der Waals surface area (Å²) in [6.07, 6.45) is 1.71. The zero-order chi connectivity index (χ0) is 17.9. The van der Waals surface area contributed by atoms with Crippen molar-refractivity contribution in [2.45, 2.75) is 18.7 Å². The first-order chi connectivity index (χ1) is 12.0. The molecule has 0 fully saturated rings. The number of rotatable bonds is 6. The molecule has 0 amide bonds. The van der Waals surface area contributed by atoms with Crippen LogP contribution in [0.15, 0.2) is 59.6 Å². The molecule has 5 nitrogen and oxygen atoms in total. The second-order valence-corrected chi connectivity index (χ2v) is 7.59. The summed E-state index contributed by atoms with van der Waals surface area (Å²) in [6.45, 7) is 4.24. The van der Waals surface area contributed by atoms with Gasteiger partial charge in [-0.25, -0.2) is 13.1 Å². The van der Waals surface area contributed by atoms with Crippen molar-refractivity contribution in [1.29, 1.82) is 0 Å². The first-order valence-electron chi connectivity index (χ1n) is 8.01. The van der Waals surface area contributed by atoms with Crippen LogP contribution in [0.25, 0.3) is 10.9 Å². The Morgan fingerprint density at radius 3 is 2.64 bits per heavy atom. The highest BCUT2D eigenvalue weighted by molar-refractivity contribution is 7.89. The van der Waals surface area contributed by atoms with Crippen LogP contribution in [-0.2, 0) is 10.0 Å². The third-order valence-corrected chi connectivity index (χ3v) is 5.49. The third kappa shape index (κ3) is 3.97. The van der Waals surface area contributed by atoms with E-state index in [0.717, 1.165) is 22.0 Å². The molecule has 130 valence electrons. The molecule has 6 heteroatoms. The molecular formula is C19H20N2O3S. The summed E-state index contributed by atoms with van der Waals surface area (Å²) in [4.78, 5) is 4.58. The van der Waals surface area contributed by atoms with Gasteiger partial charge in [0.1, 0.15) is 17.9 Å². The Labute approximate surface area is 147 Å². The van der Waals surface area contributed by atoms with Gasteiger partial charge in [0.05, 0.1) is 4.90 Å². The van der Waals surface area contributed by atoms with Gasteiger partial charge >= 0.3 is 0 Å². The first-order valence-corrected chi connectivity index (χ1v) is 9.49. The maximum Gasteiger partial charge on any atom is 0.240 e. The monoisotopic (exact) mass is 356 g/mol. The molecule has 1 heterocycles. The van der Waals surface area contributed by atoms with Crippen molar-refractivity contribution in [2.24, 2.45) is 0 Å². The van der Waals surface area contributed by atoms with Gasteiger partial charge in [-0.3, -0.25) is 4.98 Å². The molecule has 0 saturated heterocycles. The van der Waals surface area contributed by atoms with Crippen LogP contribution in [0.1, 0.15) is 11.1 Å². The van der Waals surface area contributed by atoms with Gasteiger partial charge in [0.2, 0.25) is 10.0 Å². The quantitative estimate of drug-likeness (QED) is 0.689. The van der Waals surface area contributed by atoms with Crippen molar-refractivity contribution < 1.29 is 13.2 Å². The molecule has 3 aromatic rings. The van der Waals surface area contributed by atoms with Gasteiger partial charge < -0.3 is 4.74 Å². The van der Waals surface area contributed by atoms with Crippen molar-refractivity contribution in [3.05, 3.63) is 65.9 Å². The topological polar surface area (TPSA) is 68.3 Å². The molecule has 2 aromatic carbocycles. The number of hydrogen-bond donors (Lipinski definition) is 1. The predicted molar refractivity (Wildman–Crippen MR) is 98.3 cm³/mol. The van der Waals surface area contributed by atoms with E-state index in [-0.39, 0.29) is 18.0 Å². The van der Waals surface area contributed by atoms with E-state index < -0.39 is 10.0 Å². The number of nitrogens with zero attached hydrogens (tertiary/aromatic N) is 1. The highest BCUT2D eigenvalue weighted by atomic mass is 32.2. The third-order valence-electron chi connectivity index (χ3n) is 4.04. The Morgan fingerprint density at radius 1 is 1.04 bits per heavy atom. The Balaban J connectivity index is 1.63. The lowest BCUT2D eigenvalue weighted by Crippen LogP contribution is -2.28. The number of hydrogen-bond acceptors (Lipinski definition) is 4. The van der Waals surface area contributed by atoms with Crippen LogP contribution in [-0.4, -0.2) is 26.6 Å². The minimum atomic E-state index is -3.54. The maximum atomic E-state index is 12.3. The average molecular weight is 356 g/mol. The maximum absolute atomic E-state index is 12.3. The Morgan fingerprint density at radius 2 is 1.84 bits per heavy atom. The number of benzene rings is 2. The molecule has 3 rings (SSSR count). The van der Waals surface area contributed by atoms with E-state index in [9.17, 15) is 8.42 Å². The molecule has 0 saturated carbocycles. The zero-order valence-electron chi connectivity index (χ0n) is 14.2. The van der Waals surface area contributed by atoms with Crippen molar-refractivity contribution >= 4 is 20.9 Å². The summed E-state index contributed by atoms with van der Waals surface area (Å²) >= 11 is 0. The Kier molecular flexibility index (Phi) is 5.01. The molecule has 1 aromatic heterocycles. The van der Waals surface area contributed by atoms with E-state index >= 15 is 0 Å². The average Bonchev–Trinajstić information content (AvgIpc) is 2.61. The summed E-state index contributed by atoms with van der Waals surface area (Å²) < 4.78 is 33.0. The molecule has 0 unspecified atom stereocenters. The van der Waals surface area contributed by atoms with Crippen molar-refractivity contribution in [2.75, 3.05) is 13.2 Å². The van der Waals surface area contributed by atoms with E-state index in [2.05, 4.69) is 9.71 Å². The number of ether oxygens (including phenoxy) is 1. The van der Waals surface area contributed by atoms with Crippen LogP contribution in [0.4, 0.5) is 0 Å². The van der Waals surface area contributed by atoms with E-state index in [1.807, 2.05) is 50.2 Å². The fraction of sp³-hybridized carbons (Fsp3) is 0.211. The molecule has 0 aliphatic carbocycles. The van der Waals surface area contributed by atoms with Gasteiger partial charge in [-0.2, -0.15) is 0 Å². The highest BCUT2D eigenvalue weighted by Crippen LogP contribution is 2.22. The Hall–Kier alpha value is -2.44. The summed E-state index contributed by atoms with van der Waals surface area (Å²) in [7, 11) is -3.54. The van der Waals surface area contributed by atoms with Crippen LogP contribution in [0, 0.1) is 13.8 Å². The number of fused-ring (bicyclic) bond motifs is 1. The highest BCUT2D eigenvalue weighted by Gasteiger charge is 2.14. The molecule has 25 heavy (non-hydrogen) atoms. The first kappa shape index (κ1) is 17.4. The largest absolute Gasteiger partial charge is 0.490 e. The van der Waals surface area contributed by atoms with Crippen LogP contribution in [0.5, 0.6) is 5.75 Å². The summed E-state index contributed by atoms with van der Waals surface area (Å²) in [5.74, 6) is 0.642. The van der Waals surface area contributed by atoms with Gasteiger partial charge in [-0.05, 0) is 49.2 Å². The standard InChI is InChI=1S/C19H20N2O3S/c1-14-8-9-17(13-15(14)2)25(22,23)21-11-12-24-18-7-3-5-16-6-4-10-20-19(16)18/h3-10,13,21H,11-12H2,1-2H3. The van der Waals surface area contributed by atoms with Gasteiger partial charge in [0.15, 0.2) is 0 Å². The van der Waals surface area contributed by atoms with Gasteiger partial charge in [-0.1, -0.05) is 24.3 Å². The molecule has 0 bridgehead atoms. The number of pyridine rings is 1. The van der Waals surface area contributed by atoms with E-state index in [0.29, 0.717) is 5.75 Å². The molecule has 0 atom stereocenters. The number of nitrogens with one attached hydrogen (secondary N) is 1. The SMILES string of the molecule is Cc1ccc(S(=O)(=O)NCCOc2cccc3cccnc23)cc1C. The normalized spacial score (nSPS) is 11.6. The predicted octanol–water partition coefficient (Wildman–Crippen LogP) is 3.21. The number of para-hydroxylation sites is 1. The van der Waals surface area contributed by atoms with Crippen molar-refractivity contribution in [3.8, 4) is 5.75 Å². The lowest BCUT2D eigenvalue weighted by molar-refractivity contribution is 0.326. The van der Waals surface area contributed by atoms with Gasteiger partial charge in [0, 0.05) is 18.1 Å². The Bertz CT molecular complexity index is 995. The van der Waals surface area contributed by atoms with Crippen molar-refractivity contribution in [1.82, 2.24) is 9.71 Å². The summed E-state index contributed by atoms with van der Waals surface area (Å²) in [5.41, 5.74) is 2.77. The van der Waals surface area contributed by atoms with Gasteiger partial charge in [0.25, 0.3) is 0 Å². The van der Waals surface area contributed by atoms with Crippen LogP contribution < -0.4 is 9.46 Å². The van der Waals surface area contributed by atoms with Gasteiger partial charge in [-0.15, -0.1) is 0 Å². The number of aromatic nitrogens is 1. The van der Waals surface area contributed by atoms with E-state index in [1.54, 1.807) is 18.3 Å². The molecule has 0 aliphatic heterocycles. The van der Waals surface area contributed by atoms with Crippen molar-refractivity contribution in [3.63, 3.8) is 0 Å². The summed E-state index contributed by atoms with van der Waals surface area (Å²) in [5, 5.41) is 0.982. The lowest BCUT2D eigenvalue weighted by Gasteiger charge is -2.11.